The first-order valence-corrected chi connectivity index (χ1v) is 8.65. The van der Waals surface area contributed by atoms with Crippen molar-refractivity contribution in [1.82, 2.24) is 4.31 Å². The maximum atomic E-state index is 12.7. The molecule has 4 nitrogen and oxygen atoms in total. The number of halogens is 2. The van der Waals surface area contributed by atoms with Gasteiger partial charge in [-0.15, -0.1) is 0 Å². The minimum atomic E-state index is -3.69. The molecule has 1 aromatic carbocycles. The molecule has 20 heavy (non-hydrogen) atoms. The molecule has 0 saturated heterocycles. The standard InChI is InChI=1S/C13H20Cl2N2O2S/c1-4-5-17(9(2)3)20(18,19)12-7-11(14)6-10(8-16)13(12)15/h6-7,9H,4-5,8,16H2,1-3H3. The molecule has 0 heterocycles. The summed E-state index contributed by atoms with van der Waals surface area (Å²) in [4.78, 5) is 0.0225. The molecule has 0 aliphatic rings. The van der Waals surface area contributed by atoms with E-state index in [4.69, 9.17) is 28.9 Å². The first-order valence-electron chi connectivity index (χ1n) is 6.45. The van der Waals surface area contributed by atoms with Crippen molar-refractivity contribution in [2.45, 2.75) is 44.7 Å². The SMILES string of the molecule is CCCN(C(C)C)S(=O)(=O)c1cc(Cl)cc(CN)c1Cl. The van der Waals surface area contributed by atoms with E-state index in [9.17, 15) is 8.42 Å². The highest BCUT2D eigenvalue weighted by atomic mass is 35.5. The lowest BCUT2D eigenvalue weighted by atomic mass is 10.2. The lowest BCUT2D eigenvalue weighted by molar-refractivity contribution is 0.354. The summed E-state index contributed by atoms with van der Waals surface area (Å²) in [6.07, 6.45) is 0.722. The van der Waals surface area contributed by atoms with E-state index in [2.05, 4.69) is 0 Å². The third-order valence-corrected chi connectivity index (χ3v) is 5.78. The Kier molecular flexibility index (Phi) is 6.28. The van der Waals surface area contributed by atoms with Gasteiger partial charge >= 0.3 is 0 Å². The Labute approximate surface area is 130 Å². The molecule has 0 atom stereocenters. The second kappa shape index (κ2) is 7.09. The first-order chi connectivity index (χ1) is 9.25. The van der Waals surface area contributed by atoms with Gasteiger partial charge < -0.3 is 5.73 Å². The van der Waals surface area contributed by atoms with Gasteiger partial charge in [-0.25, -0.2) is 8.42 Å². The molecule has 0 aliphatic heterocycles. The smallest absolute Gasteiger partial charge is 0.244 e. The molecular formula is C13H20Cl2N2O2S. The van der Waals surface area contributed by atoms with Gasteiger partial charge in [0.15, 0.2) is 0 Å². The Balaban J connectivity index is 3.45. The molecular weight excluding hydrogens is 319 g/mol. The third kappa shape index (κ3) is 3.65. The molecule has 0 fully saturated rings. The van der Waals surface area contributed by atoms with Crippen LogP contribution >= 0.6 is 23.2 Å². The quantitative estimate of drug-likeness (QED) is 0.865. The van der Waals surface area contributed by atoms with Crippen molar-refractivity contribution >= 4 is 33.2 Å². The van der Waals surface area contributed by atoms with Crippen molar-refractivity contribution in [2.75, 3.05) is 6.54 Å². The molecule has 0 aliphatic carbocycles. The minimum absolute atomic E-state index is 0.0225. The summed E-state index contributed by atoms with van der Waals surface area (Å²) in [5, 5.41) is 0.465. The van der Waals surface area contributed by atoms with Gasteiger partial charge in [0, 0.05) is 24.2 Å². The Morgan fingerprint density at radius 3 is 2.35 bits per heavy atom. The average molecular weight is 339 g/mol. The van der Waals surface area contributed by atoms with Crippen LogP contribution in [0, 0.1) is 0 Å². The largest absolute Gasteiger partial charge is 0.326 e. The summed E-state index contributed by atoms with van der Waals surface area (Å²) in [5.41, 5.74) is 6.10. The van der Waals surface area contributed by atoms with Crippen LogP contribution in [0.1, 0.15) is 32.8 Å². The fourth-order valence-electron chi connectivity index (χ4n) is 1.96. The van der Waals surface area contributed by atoms with Crippen LogP contribution in [-0.4, -0.2) is 25.3 Å². The van der Waals surface area contributed by atoms with E-state index in [-0.39, 0.29) is 22.5 Å². The van der Waals surface area contributed by atoms with Crippen LogP contribution in [0.2, 0.25) is 10.0 Å². The summed E-state index contributed by atoms with van der Waals surface area (Å²) in [6.45, 7) is 6.15. The molecule has 0 aromatic heterocycles. The maximum absolute atomic E-state index is 12.7. The third-order valence-electron chi connectivity index (χ3n) is 2.91. The number of rotatable bonds is 6. The number of hydrogen-bond acceptors (Lipinski definition) is 3. The van der Waals surface area contributed by atoms with Crippen LogP contribution in [0.15, 0.2) is 17.0 Å². The zero-order chi connectivity index (χ0) is 15.5. The lowest BCUT2D eigenvalue weighted by Gasteiger charge is -2.26. The summed E-state index contributed by atoms with van der Waals surface area (Å²) in [7, 11) is -3.69. The van der Waals surface area contributed by atoms with Crippen LogP contribution in [0.4, 0.5) is 0 Å². The van der Waals surface area contributed by atoms with E-state index < -0.39 is 10.0 Å². The molecule has 0 saturated carbocycles. The Hall–Kier alpha value is -0.330. The highest BCUT2D eigenvalue weighted by molar-refractivity contribution is 7.89. The predicted molar refractivity (Wildman–Crippen MR) is 83.7 cm³/mol. The average Bonchev–Trinajstić information content (AvgIpc) is 2.37. The molecule has 0 spiro atoms. The molecule has 1 rings (SSSR count). The normalized spacial score (nSPS) is 12.4. The molecule has 0 bridgehead atoms. The monoisotopic (exact) mass is 338 g/mol. The van der Waals surface area contributed by atoms with Gasteiger partial charge in [0.25, 0.3) is 0 Å². The zero-order valence-corrected chi connectivity index (χ0v) is 14.2. The van der Waals surface area contributed by atoms with Crippen LogP contribution in [0.5, 0.6) is 0 Å². The van der Waals surface area contributed by atoms with Crippen molar-refractivity contribution in [3.05, 3.63) is 27.7 Å². The van der Waals surface area contributed by atoms with Gasteiger partial charge in [-0.1, -0.05) is 30.1 Å². The fourth-order valence-corrected chi connectivity index (χ4v) is 4.61. The van der Waals surface area contributed by atoms with Crippen LogP contribution in [0.3, 0.4) is 0 Å². The van der Waals surface area contributed by atoms with E-state index in [0.29, 0.717) is 17.1 Å². The van der Waals surface area contributed by atoms with Gasteiger partial charge in [-0.2, -0.15) is 4.31 Å². The number of hydrogen-bond donors (Lipinski definition) is 1. The summed E-state index contributed by atoms with van der Waals surface area (Å²) < 4.78 is 26.9. The lowest BCUT2D eigenvalue weighted by Crippen LogP contribution is -2.37. The molecule has 2 N–H and O–H groups in total. The highest BCUT2D eigenvalue weighted by Crippen LogP contribution is 2.32. The summed E-state index contributed by atoms with van der Waals surface area (Å²) in [6, 6.07) is 2.81. The van der Waals surface area contributed by atoms with E-state index in [0.717, 1.165) is 6.42 Å². The van der Waals surface area contributed by atoms with Crippen molar-refractivity contribution in [3.63, 3.8) is 0 Å². The Morgan fingerprint density at radius 1 is 1.30 bits per heavy atom. The van der Waals surface area contributed by atoms with Gasteiger partial charge in [0.05, 0.1) is 5.02 Å². The van der Waals surface area contributed by atoms with Gasteiger partial charge in [0.2, 0.25) is 10.0 Å². The highest BCUT2D eigenvalue weighted by Gasteiger charge is 2.29. The van der Waals surface area contributed by atoms with E-state index in [1.54, 1.807) is 6.07 Å². The molecule has 0 amide bonds. The summed E-state index contributed by atoms with van der Waals surface area (Å²) >= 11 is 12.1. The second-order valence-corrected chi connectivity index (χ2v) is 7.46. The van der Waals surface area contributed by atoms with Crippen LogP contribution in [-0.2, 0) is 16.6 Å². The van der Waals surface area contributed by atoms with Crippen molar-refractivity contribution in [3.8, 4) is 0 Å². The van der Waals surface area contributed by atoms with Gasteiger partial charge in [0.1, 0.15) is 4.90 Å². The number of nitrogens with two attached hydrogens (primary N) is 1. The molecule has 114 valence electrons. The Morgan fingerprint density at radius 2 is 1.90 bits per heavy atom. The molecule has 0 unspecified atom stereocenters. The number of sulfonamides is 1. The van der Waals surface area contributed by atoms with E-state index in [1.807, 2.05) is 20.8 Å². The summed E-state index contributed by atoms with van der Waals surface area (Å²) in [5.74, 6) is 0. The number of benzene rings is 1. The van der Waals surface area contributed by atoms with Gasteiger partial charge in [-0.05, 0) is 38.0 Å². The molecule has 0 radical (unpaired) electrons. The van der Waals surface area contributed by atoms with E-state index in [1.165, 1.54) is 10.4 Å². The maximum Gasteiger partial charge on any atom is 0.244 e. The van der Waals surface area contributed by atoms with Crippen molar-refractivity contribution < 1.29 is 8.42 Å². The van der Waals surface area contributed by atoms with Crippen molar-refractivity contribution in [2.24, 2.45) is 5.73 Å². The zero-order valence-electron chi connectivity index (χ0n) is 11.9. The second-order valence-electron chi connectivity index (χ2n) is 4.79. The van der Waals surface area contributed by atoms with Crippen LogP contribution < -0.4 is 5.73 Å². The minimum Gasteiger partial charge on any atom is -0.326 e. The fraction of sp³-hybridized carbons (Fsp3) is 0.538. The van der Waals surface area contributed by atoms with Crippen molar-refractivity contribution in [1.29, 1.82) is 0 Å². The van der Waals surface area contributed by atoms with Gasteiger partial charge in [-0.3, -0.25) is 0 Å². The topological polar surface area (TPSA) is 63.4 Å². The molecule has 1 aromatic rings. The van der Waals surface area contributed by atoms with E-state index >= 15 is 0 Å². The number of nitrogens with zero attached hydrogens (tertiary/aromatic N) is 1. The molecule has 7 heteroatoms. The Bertz CT molecular complexity index is 574. The predicted octanol–water partition coefficient (Wildman–Crippen LogP) is 3.26. The first kappa shape index (κ1) is 17.7. The van der Waals surface area contributed by atoms with Crippen LogP contribution in [0.25, 0.3) is 0 Å².